The Morgan fingerprint density at radius 1 is 0.336 bits per heavy atom. The predicted octanol–water partition coefficient (Wildman–Crippen LogP) is 17.7. The first-order valence-corrected chi connectivity index (χ1v) is 45.5. The van der Waals surface area contributed by atoms with Crippen LogP contribution in [0.25, 0.3) is 16.0 Å². The maximum absolute atomic E-state index is 12.2. The second-order valence-corrected chi connectivity index (χ2v) is 34.3. The molecule has 0 bridgehead atoms. The van der Waals surface area contributed by atoms with E-state index in [1.165, 1.54) is 27.0 Å². The minimum absolute atomic E-state index is 0.00838. The summed E-state index contributed by atoms with van der Waals surface area (Å²) >= 11 is 9.92. The molecule has 0 aliphatic heterocycles. The topological polar surface area (TPSA) is 350 Å². The largest absolute Gasteiger partial charge is 0.504 e. The van der Waals surface area contributed by atoms with Crippen molar-refractivity contribution < 1.29 is 69.2 Å². The fourth-order valence-corrected chi connectivity index (χ4v) is 13.7. The summed E-state index contributed by atoms with van der Waals surface area (Å²) in [5.74, 6) is 24.4. The van der Waals surface area contributed by atoms with Crippen molar-refractivity contribution in [2.24, 2.45) is 0 Å². The number of hydrogen-bond acceptors (Lipinski definition) is 22. The Morgan fingerprint density at radius 2 is 0.612 bits per heavy atom. The summed E-state index contributed by atoms with van der Waals surface area (Å²) in [5, 5.41) is 55.6. The van der Waals surface area contributed by atoms with Crippen molar-refractivity contribution in [2.75, 3.05) is 12.5 Å². The Hall–Kier alpha value is -16.3. The monoisotopic (exact) mass is 1860 g/mol. The number of hydrogen-bond donors (Lipinski definition) is 8. The number of benzene rings is 10. The van der Waals surface area contributed by atoms with Gasteiger partial charge in [-0.25, -0.2) is 21.7 Å². The van der Waals surface area contributed by atoms with Crippen LogP contribution in [-0.2, 0) is 78.9 Å². The van der Waals surface area contributed by atoms with Gasteiger partial charge in [-0.3, -0.25) is 19.2 Å². The summed E-state index contributed by atoms with van der Waals surface area (Å²) in [7, 11) is -7.13. The molecule has 0 aliphatic carbocycles. The zero-order valence-electron chi connectivity index (χ0n) is 72.1. The molecule has 10 aromatic carbocycles. The van der Waals surface area contributed by atoms with E-state index in [2.05, 4.69) is 80.3 Å². The Kier molecular flexibility index (Phi) is 36.3. The van der Waals surface area contributed by atoms with Crippen LogP contribution in [0, 0.1) is 63.0 Å². The lowest BCUT2D eigenvalue weighted by atomic mass is 10.0. The molecule has 134 heavy (non-hydrogen) atoms. The lowest BCUT2D eigenvalue weighted by molar-refractivity contribution is 0.0920. The summed E-state index contributed by atoms with van der Waals surface area (Å²) in [5.41, 5.74) is 13.0. The molecule has 15 rings (SSSR count). The van der Waals surface area contributed by atoms with Gasteiger partial charge in [-0.1, -0.05) is 242 Å². The second-order valence-electron chi connectivity index (χ2n) is 29.4. The number of carbonyl (C=O) groups excluding carboxylic acids is 1. The third-order valence-electron chi connectivity index (χ3n) is 19.1. The van der Waals surface area contributed by atoms with E-state index in [1.807, 2.05) is 231 Å². The highest BCUT2D eigenvalue weighted by Crippen LogP contribution is 2.26. The number of carbonyl (C=O) groups is 1. The van der Waals surface area contributed by atoms with Gasteiger partial charge in [-0.15, -0.1) is 0 Å². The molecule has 0 fully saturated rings. The molecule has 0 aliphatic rings. The Balaban J connectivity index is 0.000000161. The smallest absolute Gasteiger partial charge is 0.287 e. The molecule has 672 valence electrons. The third-order valence-corrected chi connectivity index (χ3v) is 22.2. The lowest BCUT2D eigenvalue weighted by Gasteiger charge is -2.19. The Labute approximate surface area is 784 Å². The average molecular weight is 1860 g/mol. The number of rotatable bonds is 22. The van der Waals surface area contributed by atoms with Gasteiger partial charge in [0.05, 0.1) is 54.3 Å². The standard InChI is InChI=1S/C22H19NO5S.C21H18N2O5S.C21H15NO3S.C21H17NO3.C21H17NO2S/c1-29(26,27)23(15-20-13-21(24)22(25)16-28-20)14-19-11-9-18(10-12-19)8-7-17-5-3-2-4-6-17;1-22-18-9-7-17(8-10-18)16-5-3-15(4-6-16)12-23(29(2,26)27)13-19-11-20(24)21(25)14-28-19;23-18-14-25-19(12-20(18)26)21(24)22-13-17-10-8-16(9-11-17)7-6-15-4-2-1-3-5-15;23-20-12-19(25-15-21(20)24)14-22-13-18-10-8-17(9-11-18)7-6-16-4-2-1-3-5-16;23-20-15-24-19(12-21(20)25)14-22-13-18-10-8-17(9-11-18)7-6-16-4-2-1-3-5-16/h2-6,9-13,16,25H,14-15H2,1H3;3-11,14,25H,12-13H2,2H3;1-5,8-12,14,23H,13H2,(H,22,24);1-5,8-12,15,22,24H,13-14H2;1-5,8-12,15,22-23H,13-14H2. The molecule has 0 saturated carbocycles. The number of aromatic hydroxyl groups is 5. The molecule has 1 amide bonds. The van der Waals surface area contributed by atoms with Crippen molar-refractivity contribution in [3.8, 4) is 87.2 Å². The molecule has 0 radical (unpaired) electrons. The van der Waals surface area contributed by atoms with Crippen LogP contribution >= 0.6 is 24.4 Å². The summed E-state index contributed by atoms with van der Waals surface area (Å²) in [4.78, 5) is 49.8. The maximum Gasteiger partial charge on any atom is 0.287 e. The molecular weight excluding hydrogens is 1770 g/mol. The van der Waals surface area contributed by atoms with Crippen LogP contribution in [-0.4, -0.2) is 69.4 Å². The van der Waals surface area contributed by atoms with E-state index >= 15 is 0 Å². The quantitative estimate of drug-likeness (QED) is 0.0177. The van der Waals surface area contributed by atoms with Crippen molar-refractivity contribution in [3.63, 3.8) is 0 Å². The fraction of sp³-hybridized carbons (Fsp3) is 0.104. The van der Waals surface area contributed by atoms with Gasteiger partial charge < -0.3 is 63.6 Å². The van der Waals surface area contributed by atoms with Crippen LogP contribution < -0.4 is 32.2 Å². The summed E-state index contributed by atoms with van der Waals surface area (Å²) in [6.45, 7) is 9.58. The minimum atomic E-state index is -3.57. The first-order valence-electron chi connectivity index (χ1n) is 41.0. The Morgan fingerprint density at radius 3 is 0.933 bits per heavy atom. The van der Waals surface area contributed by atoms with Gasteiger partial charge >= 0.3 is 0 Å². The number of sulfonamides is 2. The van der Waals surface area contributed by atoms with Gasteiger partial charge in [-0.2, -0.15) is 8.61 Å². The molecular formula is C106H86N6O18S4. The van der Waals surface area contributed by atoms with Crippen molar-refractivity contribution in [1.82, 2.24) is 24.6 Å². The van der Waals surface area contributed by atoms with Crippen molar-refractivity contribution >= 4 is 56.1 Å². The van der Waals surface area contributed by atoms with Crippen LogP contribution in [0.1, 0.15) is 106 Å². The van der Waals surface area contributed by atoms with E-state index in [1.54, 1.807) is 30.3 Å². The molecule has 0 spiro atoms. The van der Waals surface area contributed by atoms with E-state index < -0.39 is 53.7 Å². The van der Waals surface area contributed by atoms with Crippen LogP contribution in [0.4, 0.5) is 5.69 Å². The average Bonchev–Trinajstić information content (AvgIpc) is 0.833. The molecule has 24 nitrogen and oxygen atoms in total. The number of amides is 1. The zero-order chi connectivity index (χ0) is 95.2. The number of nitrogens with zero attached hydrogens (tertiary/aromatic N) is 3. The molecule has 5 aromatic heterocycles. The van der Waals surface area contributed by atoms with Gasteiger partial charge in [0.1, 0.15) is 54.4 Å². The zero-order valence-corrected chi connectivity index (χ0v) is 75.3. The highest BCUT2D eigenvalue weighted by molar-refractivity contribution is 7.88. The van der Waals surface area contributed by atoms with Gasteiger partial charge in [0.25, 0.3) is 5.91 Å². The first-order chi connectivity index (χ1) is 64.6. The van der Waals surface area contributed by atoms with E-state index in [0.717, 1.165) is 133 Å². The fourth-order valence-electron chi connectivity index (χ4n) is 11.9. The highest BCUT2D eigenvalue weighted by Gasteiger charge is 2.22. The lowest BCUT2D eigenvalue weighted by Crippen LogP contribution is -2.29. The predicted molar refractivity (Wildman–Crippen MR) is 516 cm³/mol. The van der Waals surface area contributed by atoms with Crippen molar-refractivity contribution in [2.45, 2.75) is 58.9 Å². The second kappa shape index (κ2) is 49.5. The molecule has 5 heterocycles. The van der Waals surface area contributed by atoms with Crippen LogP contribution in [0.15, 0.2) is 365 Å². The SMILES string of the molecule is CS(=O)(=O)N(Cc1ccc(C#Cc2ccccc2)cc1)Cc1cc(=O)c(O)co1.O=C(NCc1ccc(C#Cc2ccccc2)cc1)c1cc(=S)c(O)co1.O=c1cc(CNCc2ccc(C#Cc3ccccc3)cc2)occ1O.Oc1coc(CNCc2ccc(C#Cc3ccccc3)cc2)cc1=S.[C-]#[N+]c1ccc(-c2ccc(CN(Cc3cc(=O)c(O)co3)S(C)(=O)=O)cc2)cc1. The van der Waals surface area contributed by atoms with E-state index in [4.69, 9.17) is 58.2 Å². The molecule has 15 aromatic rings. The van der Waals surface area contributed by atoms with Crippen LogP contribution in [0.2, 0.25) is 0 Å². The van der Waals surface area contributed by atoms with Crippen LogP contribution in [0.5, 0.6) is 28.7 Å². The van der Waals surface area contributed by atoms with Gasteiger partial charge in [0.2, 0.25) is 36.3 Å². The van der Waals surface area contributed by atoms with E-state index in [-0.39, 0.29) is 65.2 Å². The Bertz CT molecular complexity index is 7240. The van der Waals surface area contributed by atoms with Gasteiger partial charge in [-0.05, 0) is 142 Å². The van der Waals surface area contributed by atoms with Gasteiger partial charge in [0.15, 0.2) is 40.2 Å². The minimum Gasteiger partial charge on any atom is -0.504 e. The molecule has 0 atom stereocenters. The number of nitrogens with one attached hydrogen (secondary N) is 3. The summed E-state index contributed by atoms with van der Waals surface area (Å²) < 4.78 is 77.3. The molecule has 0 unspecified atom stereocenters. The van der Waals surface area contributed by atoms with Crippen molar-refractivity contribution in [1.29, 1.82) is 0 Å². The third kappa shape index (κ3) is 32.7. The molecule has 0 saturated heterocycles. The summed E-state index contributed by atoms with van der Waals surface area (Å²) in [6, 6.07) is 91.2. The molecule has 28 heteroatoms. The van der Waals surface area contributed by atoms with E-state index in [0.29, 0.717) is 54.4 Å². The van der Waals surface area contributed by atoms with E-state index in [9.17, 15) is 56.4 Å². The van der Waals surface area contributed by atoms with Crippen molar-refractivity contribution in [3.05, 3.63) is 481 Å². The first kappa shape index (κ1) is 98.3. The van der Waals surface area contributed by atoms with Crippen LogP contribution in [0.3, 0.4) is 0 Å². The highest BCUT2D eigenvalue weighted by atomic mass is 32.2. The maximum atomic E-state index is 12.2. The normalized spacial score (nSPS) is 10.5. The molecule has 8 N–H and O–H groups in total. The summed E-state index contributed by atoms with van der Waals surface area (Å²) in [6.07, 6.45) is 7.34. The van der Waals surface area contributed by atoms with Gasteiger partial charge in [0, 0.05) is 101 Å².